The minimum atomic E-state index is -4.25. The highest BCUT2D eigenvalue weighted by Gasteiger charge is 2.26. The van der Waals surface area contributed by atoms with Crippen molar-refractivity contribution in [3.05, 3.63) is 29.6 Å². The van der Waals surface area contributed by atoms with Gasteiger partial charge in [-0.25, -0.2) is 9.78 Å². The fraction of sp³-hybridized carbons (Fsp3) is 0.250. The van der Waals surface area contributed by atoms with Crippen LogP contribution in [0.4, 0.5) is 0 Å². The van der Waals surface area contributed by atoms with E-state index in [0.29, 0.717) is 0 Å². The zero-order valence-electron chi connectivity index (χ0n) is 7.86. The van der Waals surface area contributed by atoms with Crippen LogP contribution < -0.4 is 0 Å². The summed E-state index contributed by atoms with van der Waals surface area (Å²) in [7, 11) is -4.25. The van der Waals surface area contributed by atoms with Crippen molar-refractivity contribution in [1.82, 2.24) is 4.98 Å². The molecule has 0 saturated carbocycles. The molecule has 15 heavy (non-hydrogen) atoms. The lowest BCUT2D eigenvalue weighted by Gasteiger charge is -2.13. The van der Waals surface area contributed by atoms with Crippen LogP contribution in [-0.2, 0) is 4.57 Å². The minimum absolute atomic E-state index is 0.229. The average Bonchev–Trinajstić information content (AvgIpc) is 2.15. The molecule has 1 rings (SSSR count). The van der Waals surface area contributed by atoms with Gasteiger partial charge in [-0.3, -0.25) is 4.57 Å². The van der Waals surface area contributed by atoms with Crippen LogP contribution in [0.2, 0.25) is 0 Å². The van der Waals surface area contributed by atoms with Crippen molar-refractivity contribution in [2.45, 2.75) is 12.6 Å². The first-order valence-electron chi connectivity index (χ1n) is 4.07. The third-order valence-electron chi connectivity index (χ3n) is 1.99. The smallest absolute Gasteiger partial charge is 0.354 e. The van der Waals surface area contributed by atoms with E-state index in [1.54, 1.807) is 0 Å². The predicted molar refractivity (Wildman–Crippen MR) is 51.7 cm³/mol. The quantitative estimate of drug-likeness (QED) is 0.670. The van der Waals surface area contributed by atoms with Gasteiger partial charge in [0.15, 0.2) is 0 Å². The molecule has 0 saturated heterocycles. The van der Waals surface area contributed by atoms with E-state index in [4.69, 9.17) is 14.9 Å². The zero-order valence-corrected chi connectivity index (χ0v) is 8.76. The van der Waals surface area contributed by atoms with E-state index in [9.17, 15) is 9.36 Å². The summed E-state index contributed by atoms with van der Waals surface area (Å²) in [5.74, 6) is -1.23. The Morgan fingerprint density at radius 2 is 2.13 bits per heavy atom. The fourth-order valence-electron chi connectivity index (χ4n) is 1.02. The van der Waals surface area contributed by atoms with Gasteiger partial charge >= 0.3 is 13.6 Å². The van der Waals surface area contributed by atoms with Crippen LogP contribution >= 0.6 is 7.60 Å². The summed E-state index contributed by atoms with van der Waals surface area (Å²) in [6.07, 6.45) is 1.21. The van der Waals surface area contributed by atoms with Gasteiger partial charge in [-0.2, -0.15) is 0 Å². The molecule has 0 aliphatic rings. The van der Waals surface area contributed by atoms with Gasteiger partial charge in [-0.05, 0) is 24.6 Å². The molecule has 3 N–H and O–H groups in total. The summed E-state index contributed by atoms with van der Waals surface area (Å²) in [5, 5.41) is 8.64. The Labute approximate surface area is 85.8 Å². The van der Waals surface area contributed by atoms with Crippen LogP contribution in [0.1, 0.15) is 28.6 Å². The molecule has 1 heterocycles. The summed E-state index contributed by atoms with van der Waals surface area (Å²) in [6.45, 7) is 1.34. The molecule has 7 heteroatoms. The molecule has 82 valence electrons. The van der Waals surface area contributed by atoms with Gasteiger partial charge in [0, 0.05) is 6.20 Å². The second kappa shape index (κ2) is 4.10. The van der Waals surface area contributed by atoms with Gasteiger partial charge < -0.3 is 14.9 Å². The van der Waals surface area contributed by atoms with E-state index in [1.165, 1.54) is 19.2 Å². The summed E-state index contributed by atoms with van der Waals surface area (Å²) < 4.78 is 10.9. The van der Waals surface area contributed by atoms with Crippen LogP contribution in [0, 0.1) is 0 Å². The Hall–Kier alpha value is -1.23. The van der Waals surface area contributed by atoms with Crippen LogP contribution in [0.25, 0.3) is 0 Å². The van der Waals surface area contributed by atoms with Crippen molar-refractivity contribution in [3.8, 4) is 0 Å². The van der Waals surface area contributed by atoms with Crippen molar-refractivity contribution >= 4 is 13.6 Å². The van der Waals surface area contributed by atoms with Crippen LogP contribution in [0.3, 0.4) is 0 Å². The number of pyridine rings is 1. The number of hydrogen-bond acceptors (Lipinski definition) is 3. The van der Waals surface area contributed by atoms with Crippen molar-refractivity contribution < 1.29 is 24.3 Å². The molecule has 0 fully saturated rings. The second-order valence-electron chi connectivity index (χ2n) is 3.04. The maximum absolute atomic E-state index is 10.9. The largest absolute Gasteiger partial charge is 0.477 e. The highest BCUT2D eigenvalue weighted by Crippen LogP contribution is 2.51. The first kappa shape index (κ1) is 11.8. The van der Waals surface area contributed by atoms with Crippen LogP contribution in [0.15, 0.2) is 18.3 Å². The van der Waals surface area contributed by atoms with Gasteiger partial charge in [0.1, 0.15) is 5.69 Å². The molecule has 0 radical (unpaired) electrons. The Balaban J connectivity index is 3.11. The van der Waals surface area contributed by atoms with E-state index in [1.807, 2.05) is 0 Å². The Morgan fingerprint density at radius 1 is 1.53 bits per heavy atom. The van der Waals surface area contributed by atoms with Crippen molar-refractivity contribution in [3.63, 3.8) is 0 Å². The molecule has 1 aromatic heterocycles. The molecule has 1 aromatic rings. The number of rotatable bonds is 3. The van der Waals surface area contributed by atoms with Crippen molar-refractivity contribution in [2.24, 2.45) is 0 Å². The number of carboxylic acid groups (broad SMARTS) is 1. The molecule has 0 amide bonds. The molecule has 0 aliphatic heterocycles. The molecule has 0 spiro atoms. The molecular formula is C8H10NO5P. The van der Waals surface area contributed by atoms with Crippen LogP contribution in [-0.4, -0.2) is 25.8 Å². The van der Waals surface area contributed by atoms with Gasteiger partial charge in [0.2, 0.25) is 0 Å². The Morgan fingerprint density at radius 3 is 2.60 bits per heavy atom. The van der Waals surface area contributed by atoms with Crippen molar-refractivity contribution in [1.29, 1.82) is 0 Å². The SMILES string of the molecule is CC(c1ccnc(C(=O)O)c1)P(=O)(O)O. The zero-order chi connectivity index (χ0) is 11.6. The molecule has 1 unspecified atom stereocenters. The highest BCUT2D eigenvalue weighted by molar-refractivity contribution is 7.52. The van der Waals surface area contributed by atoms with E-state index >= 15 is 0 Å². The lowest BCUT2D eigenvalue weighted by Crippen LogP contribution is -2.03. The number of aromatic nitrogens is 1. The van der Waals surface area contributed by atoms with Gasteiger partial charge in [-0.15, -0.1) is 0 Å². The molecule has 0 aromatic carbocycles. The molecule has 0 aliphatic carbocycles. The van der Waals surface area contributed by atoms with Crippen molar-refractivity contribution in [2.75, 3.05) is 0 Å². The van der Waals surface area contributed by atoms with E-state index < -0.39 is 19.2 Å². The molecule has 1 atom stereocenters. The second-order valence-corrected chi connectivity index (χ2v) is 5.00. The maximum Gasteiger partial charge on any atom is 0.354 e. The number of carboxylic acids is 1. The lowest BCUT2D eigenvalue weighted by atomic mass is 10.2. The highest BCUT2D eigenvalue weighted by atomic mass is 31.2. The van der Waals surface area contributed by atoms with Gasteiger partial charge in [0.25, 0.3) is 0 Å². The summed E-state index contributed by atoms with van der Waals surface area (Å²) >= 11 is 0. The predicted octanol–water partition coefficient (Wildman–Crippen LogP) is 1.02. The first-order chi connectivity index (χ1) is 6.82. The minimum Gasteiger partial charge on any atom is -0.477 e. The summed E-state index contributed by atoms with van der Waals surface area (Å²) in [5.41, 5.74) is -0.998. The van der Waals surface area contributed by atoms with E-state index in [-0.39, 0.29) is 11.3 Å². The Bertz CT molecular complexity index is 427. The molecule has 6 nitrogen and oxygen atoms in total. The first-order valence-corrected chi connectivity index (χ1v) is 5.75. The fourth-order valence-corrected chi connectivity index (χ4v) is 1.57. The van der Waals surface area contributed by atoms with E-state index in [0.717, 1.165) is 6.07 Å². The molecule has 0 bridgehead atoms. The summed E-state index contributed by atoms with van der Waals surface area (Å²) in [4.78, 5) is 31.9. The third kappa shape index (κ3) is 2.86. The number of carbonyl (C=O) groups is 1. The topological polar surface area (TPSA) is 108 Å². The third-order valence-corrected chi connectivity index (χ3v) is 3.30. The number of nitrogens with zero attached hydrogens (tertiary/aromatic N) is 1. The number of hydrogen-bond donors (Lipinski definition) is 3. The van der Waals surface area contributed by atoms with E-state index in [2.05, 4.69) is 4.98 Å². The molecular weight excluding hydrogens is 221 g/mol. The lowest BCUT2D eigenvalue weighted by molar-refractivity contribution is 0.0690. The average molecular weight is 231 g/mol. The summed E-state index contributed by atoms with van der Waals surface area (Å²) in [6, 6.07) is 2.54. The monoisotopic (exact) mass is 231 g/mol. The van der Waals surface area contributed by atoms with Gasteiger partial charge in [0.05, 0.1) is 5.66 Å². The van der Waals surface area contributed by atoms with Gasteiger partial charge in [-0.1, -0.05) is 0 Å². The normalized spacial score (nSPS) is 13.5. The standard InChI is InChI=1S/C8H10NO5P/c1-5(15(12,13)14)6-2-3-9-7(4-6)8(10)11/h2-5H,1H3,(H,10,11)(H2,12,13,14). The maximum atomic E-state index is 10.9. The Kier molecular flexibility index (Phi) is 3.24. The number of aromatic carboxylic acids is 1. The van der Waals surface area contributed by atoms with Crippen LogP contribution in [0.5, 0.6) is 0 Å².